The van der Waals surface area contributed by atoms with Gasteiger partial charge in [0.1, 0.15) is 0 Å². The van der Waals surface area contributed by atoms with Crippen molar-refractivity contribution in [3.05, 3.63) is 64.5 Å². The predicted octanol–water partition coefficient (Wildman–Crippen LogP) is 1.72. The maximum absolute atomic E-state index is 12.2. The Balaban J connectivity index is 1.61. The van der Waals surface area contributed by atoms with Crippen molar-refractivity contribution in [2.24, 2.45) is 0 Å². The van der Waals surface area contributed by atoms with Crippen molar-refractivity contribution in [3.8, 4) is 0 Å². The first-order chi connectivity index (χ1) is 11.2. The van der Waals surface area contributed by atoms with Crippen LogP contribution in [0.25, 0.3) is 10.9 Å². The van der Waals surface area contributed by atoms with E-state index in [1.165, 1.54) is 17.0 Å². The highest BCUT2D eigenvalue weighted by molar-refractivity contribution is 5.98. The maximum Gasteiger partial charge on any atom is 0.253 e. The minimum atomic E-state index is -0.153. The van der Waals surface area contributed by atoms with E-state index in [1.807, 2.05) is 31.3 Å². The van der Waals surface area contributed by atoms with E-state index in [0.29, 0.717) is 18.7 Å². The molecule has 0 unspecified atom stereocenters. The van der Waals surface area contributed by atoms with Gasteiger partial charge in [0, 0.05) is 47.5 Å². The lowest BCUT2D eigenvalue weighted by Gasteiger charge is -2.08. The average Bonchev–Trinajstić information content (AvgIpc) is 3.03. The number of aromatic amines is 1. The van der Waals surface area contributed by atoms with Crippen LogP contribution in [0.2, 0.25) is 0 Å². The molecule has 0 spiro atoms. The number of H-pyrrole nitrogens is 1. The molecule has 1 amide bonds. The first-order valence-corrected chi connectivity index (χ1v) is 7.58. The molecule has 0 saturated heterocycles. The number of aromatic nitrogens is 3. The Bertz CT molecular complexity index is 895. The lowest BCUT2D eigenvalue weighted by atomic mass is 10.1. The summed E-state index contributed by atoms with van der Waals surface area (Å²) in [6.45, 7) is 2.72. The van der Waals surface area contributed by atoms with E-state index < -0.39 is 0 Å². The van der Waals surface area contributed by atoms with Crippen LogP contribution in [0, 0.1) is 0 Å². The molecule has 0 aliphatic heterocycles. The number of hydrogen-bond acceptors (Lipinski definition) is 3. The number of carbonyl (C=O) groups is 1. The smallest absolute Gasteiger partial charge is 0.253 e. The van der Waals surface area contributed by atoms with E-state index in [1.54, 1.807) is 6.07 Å². The lowest BCUT2D eigenvalue weighted by molar-refractivity contribution is 0.0952. The zero-order valence-corrected chi connectivity index (χ0v) is 12.9. The van der Waals surface area contributed by atoms with Gasteiger partial charge in [-0.3, -0.25) is 14.2 Å². The van der Waals surface area contributed by atoms with Crippen LogP contribution in [0.4, 0.5) is 0 Å². The molecule has 6 nitrogen and oxygen atoms in total. The summed E-state index contributed by atoms with van der Waals surface area (Å²) in [5, 5.41) is 3.82. The fourth-order valence-corrected chi connectivity index (χ4v) is 2.41. The monoisotopic (exact) mass is 310 g/mol. The summed E-state index contributed by atoms with van der Waals surface area (Å²) < 4.78 is 1.49. The summed E-state index contributed by atoms with van der Waals surface area (Å²) in [5.74, 6) is -0.153. The molecule has 0 bridgehead atoms. The number of nitrogens with one attached hydrogen (secondary N) is 2. The summed E-state index contributed by atoms with van der Waals surface area (Å²) in [6.07, 6.45) is 4.10. The van der Waals surface area contributed by atoms with E-state index in [0.717, 1.165) is 23.0 Å². The van der Waals surface area contributed by atoms with Crippen molar-refractivity contribution in [3.63, 3.8) is 0 Å². The van der Waals surface area contributed by atoms with Gasteiger partial charge in [-0.1, -0.05) is 6.92 Å². The van der Waals surface area contributed by atoms with Gasteiger partial charge < -0.3 is 10.3 Å². The Morgan fingerprint density at radius 2 is 2.17 bits per heavy atom. The van der Waals surface area contributed by atoms with Crippen LogP contribution in [0.1, 0.15) is 23.0 Å². The van der Waals surface area contributed by atoms with Gasteiger partial charge in [0.2, 0.25) is 0 Å². The summed E-state index contributed by atoms with van der Waals surface area (Å²) in [5.41, 5.74) is 2.27. The third-order valence-corrected chi connectivity index (χ3v) is 3.75. The molecule has 0 aliphatic carbocycles. The fraction of sp³-hybridized carbons (Fsp3) is 0.235. The van der Waals surface area contributed by atoms with Gasteiger partial charge in [0.25, 0.3) is 11.5 Å². The van der Waals surface area contributed by atoms with E-state index >= 15 is 0 Å². The number of aryl methyl sites for hydroxylation is 1. The molecule has 1 aromatic carbocycles. The summed E-state index contributed by atoms with van der Waals surface area (Å²) in [7, 11) is 0. The molecule has 0 atom stereocenters. The van der Waals surface area contributed by atoms with Crippen LogP contribution < -0.4 is 10.9 Å². The summed E-state index contributed by atoms with van der Waals surface area (Å²) in [6, 6.07) is 8.94. The Labute approximate surface area is 133 Å². The van der Waals surface area contributed by atoms with Gasteiger partial charge in [-0.15, -0.1) is 0 Å². The molecule has 0 fully saturated rings. The van der Waals surface area contributed by atoms with Crippen molar-refractivity contribution in [2.45, 2.75) is 19.9 Å². The Morgan fingerprint density at radius 1 is 1.30 bits per heavy atom. The van der Waals surface area contributed by atoms with Crippen molar-refractivity contribution in [2.75, 3.05) is 6.54 Å². The number of rotatable bonds is 5. The van der Waals surface area contributed by atoms with Crippen molar-refractivity contribution in [1.82, 2.24) is 19.9 Å². The fourth-order valence-electron chi connectivity index (χ4n) is 2.41. The molecule has 3 aromatic rings. The van der Waals surface area contributed by atoms with Crippen molar-refractivity contribution >= 4 is 16.8 Å². The first-order valence-electron chi connectivity index (χ1n) is 7.58. The zero-order valence-electron chi connectivity index (χ0n) is 12.9. The molecule has 23 heavy (non-hydrogen) atoms. The Morgan fingerprint density at radius 3 is 2.96 bits per heavy atom. The molecule has 2 N–H and O–H groups in total. The number of amides is 1. The number of fused-ring (bicyclic) bond motifs is 1. The van der Waals surface area contributed by atoms with E-state index in [-0.39, 0.29) is 11.5 Å². The standard InChI is InChI=1S/C17H18N4O2/c1-2-14-10-16(22)21(11-20-14)8-7-19-17(23)13-3-4-15-12(9-13)5-6-18-15/h3-6,9-11,18H,2,7-8H2,1H3,(H,19,23). The average molecular weight is 310 g/mol. The van der Waals surface area contributed by atoms with Crippen LogP contribution in [-0.4, -0.2) is 27.0 Å². The first kappa shape index (κ1) is 15.0. The van der Waals surface area contributed by atoms with Crippen LogP contribution in [0.5, 0.6) is 0 Å². The van der Waals surface area contributed by atoms with Gasteiger partial charge in [-0.05, 0) is 30.7 Å². The van der Waals surface area contributed by atoms with Gasteiger partial charge in [0.05, 0.1) is 6.33 Å². The number of nitrogens with zero attached hydrogens (tertiary/aromatic N) is 2. The molecular formula is C17H18N4O2. The van der Waals surface area contributed by atoms with Gasteiger partial charge in [-0.25, -0.2) is 4.98 Å². The lowest BCUT2D eigenvalue weighted by Crippen LogP contribution is -2.31. The molecule has 118 valence electrons. The highest BCUT2D eigenvalue weighted by Gasteiger charge is 2.06. The normalized spacial score (nSPS) is 10.8. The second-order valence-corrected chi connectivity index (χ2v) is 5.30. The van der Waals surface area contributed by atoms with Crippen LogP contribution >= 0.6 is 0 Å². The third-order valence-electron chi connectivity index (χ3n) is 3.75. The van der Waals surface area contributed by atoms with Crippen LogP contribution in [0.15, 0.2) is 47.7 Å². The second-order valence-electron chi connectivity index (χ2n) is 5.30. The molecule has 0 aliphatic rings. The predicted molar refractivity (Wildman–Crippen MR) is 88.5 cm³/mol. The van der Waals surface area contributed by atoms with Crippen LogP contribution in [-0.2, 0) is 13.0 Å². The number of carbonyl (C=O) groups excluding carboxylic acids is 1. The van der Waals surface area contributed by atoms with Gasteiger partial charge in [0.15, 0.2) is 0 Å². The minimum Gasteiger partial charge on any atom is -0.361 e. The molecular weight excluding hydrogens is 292 g/mol. The summed E-state index contributed by atoms with van der Waals surface area (Å²) >= 11 is 0. The van der Waals surface area contributed by atoms with E-state index in [4.69, 9.17) is 0 Å². The molecule has 6 heteroatoms. The quantitative estimate of drug-likeness (QED) is 0.753. The SMILES string of the molecule is CCc1cc(=O)n(CCNC(=O)c2ccc3[nH]ccc3c2)cn1. The number of benzene rings is 1. The number of hydrogen-bond donors (Lipinski definition) is 2. The van der Waals surface area contributed by atoms with E-state index in [2.05, 4.69) is 15.3 Å². The zero-order chi connectivity index (χ0) is 16.2. The molecule has 2 aromatic heterocycles. The maximum atomic E-state index is 12.2. The molecule has 0 saturated carbocycles. The third kappa shape index (κ3) is 3.31. The van der Waals surface area contributed by atoms with Crippen LogP contribution in [0.3, 0.4) is 0 Å². The van der Waals surface area contributed by atoms with Crippen molar-refractivity contribution in [1.29, 1.82) is 0 Å². The topological polar surface area (TPSA) is 79.8 Å². The van der Waals surface area contributed by atoms with E-state index in [9.17, 15) is 9.59 Å². The molecule has 3 rings (SSSR count). The van der Waals surface area contributed by atoms with Gasteiger partial charge >= 0.3 is 0 Å². The Hall–Kier alpha value is -2.89. The second kappa shape index (κ2) is 6.48. The highest BCUT2D eigenvalue weighted by Crippen LogP contribution is 2.14. The van der Waals surface area contributed by atoms with Gasteiger partial charge in [-0.2, -0.15) is 0 Å². The van der Waals surface area contributed by atoms with Crippen molar-refractivity contribution < 1.29 is 4.79 Å². The Kier molecular flexibility index (Phi) is 4.23. The highest BCUT2D eigenvalue weighted by atomic mass is 16.1. The summed E-state index contributed by atoms with van der Waals surface area (Å²) in [4.78, 5) is 31.3. The molecule has 2 heterocycles. The molecule has 0 radical (unpaired) electrons. The largest absolute Gasteiger partial charge is 0.361 e. The minimum absolute atomic E-state index is 0.0974.